The van der Waals surface area contributed by atoms with E-state index < -0.39 is 0 Å². The zero-order valence-electron chi connectivity index (χ0n) is 13.2. The van der Waals surface area contributed by atoms with Crippen LogP contribution < -0.4 is 10.1 Å². The maximum atomic E-state index is 5.66. The first-order chi connectivity index (χ1) is 9.67. The molecule has 1 fully saturated rings. The van der Waals surface area contributed by atoms with Crippen molar-refractivity contribution in [3.05, 3.63) is 29.8 Å². The molecule has 3 nitrogen and oxygen atoms in total. The van der Waals surface area contributed by atoms with Crippen LogP contribution >= 0.6 is 0 Å². The molecule has 0 radical (unpaired) electrons. The third-order valence-corrected chi connectivity index (χ3v) is 4.20. The molecule has 1 aromatic rings. The zero-order chi connectivity index (χ0) is 14.5. The molecule has 0 amide bonds. The van der Waals surface area contributed by atoms with E-state index in [2.05, 4.69) is 48.3 Å². The van der Waals surface area contributed by atoms with Gasteiger partial charge in [-0.1, -0.05) is 12.1 Å². The van der Waals surface area contributed by atoms with Crippen LogP contribution in [0.1, 0.15) is 38.8 Å². The molecule has 0 bridgehead atoms. The summed E-state index contributed by atoms with van der Waals surface area (Å²) >= 11 is 0. The molecule has 20 heavy (non-hydrogen) atoms. The first-order valence-electron chi connectivity index (χ1n) is 7.80. The van der Waals surface area contributed by atoms with Gasteiger partial charge < -0.3 is 10.1 Å². The smallest absolute Gasteiger partial charge is 0.119 e. The van der Waals surface area contributed by atoms with Gasteiger partial charge in [-0.25, -0.2) is 0 Å². The maximum absolute atomic E-state index is 5.66. The van der Waals surface area contributed by atoms with Crippen LogP contribution in [-0.4, -0.2) is 37.7 Å². The Kier molecular flexibility index (Phi) is 5.44. The van der Waals surface area contributed by atoms with Gasteiger partial charge in [-0.05, 0) is 70.9 Å². The van der Waals surface area contributed by atoms with Gasteiger partial charge in [0.1, 0.15) is 5.75 Å². The molecule has 0 saturated carbocycles. The standard InChI is InChI=1S/C17H28N2O/c1-5-20-16-8-6-7-14(11-16)17-15(12-18-4)9-10-19(17)13(2)3/h6-8,11,13,15,17-18H,5,9-10,12H2,1-4H3. The van der Waals surface area contributed by atoms with Crippen LogP contribution in [0.2, 0.25) is 0 Å². The van der Waals surface area contributed by atoms with Crippen molar-refractivity contribution >= 4 is 0 Å². The topological polar surface area (TPSA) is 24.5 Å². The van der Waals surface area contributed by atoms with Gasteiger partial charge in [0.05, 0.1) is 6.61 Å². The summed E-state index contributed by atoms with van der Waals surface area (Å²) in [6.45, 7) is 9.61. The Morgan fingerprint density at radius 3 is 2.85 bits per heavy atom. The third kappa shape index (κ3) is 3.33. The molecule has 2 rings (SSSR count). The average Bonchev–Trinajstić information content (AvgIpc) is 2.84. The van der Waals surface area contributed by atoms with Crippen LogP contribution in [-0.2, 0) is 0 Å². The highest BCUT2D eigenvalue weighted by molar-refractivity contribution is 5.31. The van der Waals surface area contributed by atoms with E-state index >= 15 is 0 Å². The number of benzene rings is 1. The molecular weight excluding hydrogens is 248 g/mol. The summed E-state index contributed by atoms with van der Waals surface area (Å²) in [6.07, 6.45) is 1.27. The molecule has 0 aromatic heterocycles. The van der Waals surface area contributed by atoms with Crippen molar-refractivity contribution in [2.75, 3.05) is 26.7 Å². The number of rotatable bonds is 6. The van der Waals surface area contributed by atoms with Crippen molar-refractivity contribution in [1.82, 2.24) is 10.2 Å². The summed E-state index contributed by atoms with van der Waals surface area (Å²) in [5, 5.41) is 3.35. The van der Waals surface area contributed by atoms with E-state index in [1.165, 1.54) is 18.5 Å². The van der Waals surface area contributed by atoms with E-state index in [0.717, 1.165) is 18.9 Å². The molecule has 1 N–H and O–H groups in total. The van der Waals surface area contributed by atoms with Crippen LogP contribution in [0.4, 0.5) is 0 Å². The van der Waals surface area contributed by atoms with Crippen molar-refractivity contribution in [3.8, 4) is 5.75 Å². The Hall–Kier alpha value is -1.06. The fourth-order valence-corrected chi connectivity index (χ4v) is 3.36. The summed E-state index contributed by atoms with van der Waals surface area (Å²) < 4.78 is 5.66. The highest BCUT2D eigenvalue weighted by Crippen LogP contribution is 2.39. The van der Waals surface area contributed by atoms with E-state index in [1.807, 2.05) is 14.0 Å². The molecule has 1 aromatic carbocycles. The van der Waals surface area contributed by atoms with Crippen molar-refractivity contribution in [3.63, 3.8) is 0 Å². The van der Waals surface area contributed by atoms with Gasteiger partial charge in [-0.3, -0.25) is 4.90 Å². The Labute approximate surface area is 123 Å². The predicted molar refractivity (Wildman–Crippen MR) is 84.2 cm³/mol. The van der Waals surface area contributed by atoms with Crippen molar-refractivity contribution in [1.29, 1.82) is 0 Å². The van der Waals surface area contributed by atoms with Crippen LogP contribution in [0.5, 0.6) is 5.75 Å². The second-order valence-electron chi connectivity index (χ2n) is 5.89. The van der Waals surface area contributed by atoms with E-state index in [-0.39, 0.29) is 0 Å². The lowest BCUT2D eigenvalue weighted by Crippen LogP contribution is -2.33. The average molecular weight is 276 g/mol. The molecule has 112 valence electrons. The minimum atomic E-state index is 0.503. The first kappa shape index (κ1) is 15.3. The lowest BCUT2D eigenvalue weighted by molar-refractivity contribution is 0.182. The van der Waals surface area contributed by atoms with E-state index in [9.17, 15) is 0 Å². The van der Waals surface area contributed by atoms with E-state index in [4.69, 9.17) is 4.74 Å². The van der Waals surface area contributed by atoms with Crippen LogP contribution in [0.25, 0.3) is 0 Å². The molecule has 1 heterocycles. The summed E-state index contributed by atoms with van der Waals surface area (Å²) in [4.78, 5) is 2.62. The Bertz CT molecular complexity index is 419. The Morgan fingerprint density at radius 2 is 2.20 bits per heavy atom. The largest absolute Gasteiger partial charge is 0.494 e. The molecular formula is C17H28N2O. The molecule has 3 heteroatoms. The predicted octanol–water partition coefficient (Wildman–Crippen LogP) is 3.08. The molecule has 0 aliphatic carbocycles. The van der Waals surface area contributed by atoms with E-state index in [1.54, 1.807) is 0 Å². The van der Waals surface area contributed by atoms with Crippen LogP contribution in [0, 0.1) is 5.92 Å². The van der Waals surface area contributed by atoms with Gasteiger partial charge in [0.2, 0.25) is 0 Å². The monoisotopic (exact) mass is 276 g/mol. The first-order valence-corrected chi connectivity index (χ1v) is 7.80. The quantitative estimate of drug-likeness (QED) is 0.864. The van der Waals surface area contributed by atoms with E-state index in [0.29, 0.717) is 18.0 Å². The lowest BCUT2D eigenvalue weighted by atomic mass is 9.93. The van der Waals surface area contributed by atoms with Crippen molar-refractivity contribution in [2.24, 2.45) is 5.92 Å². The molecule has 2 atom stereocenters. The fraction of sp³-hybridized carbons (Fsp3) is 0.647. The van der Waals surface area contributed by atoms with Crippen LogP contribution in [0.15, 0.2) is 24.3 Å². The van der Waals surface area contributed by atoms with Gasteiger partial charge in [0.15, 0.2) is 0 Å². The minimum Gasteiger partial charge on any atom is -0.494 e. The highest BCUT2D eigenvalue weighted by atomic mass is 16.5. The second kappa shape index (κ2) is 7.09. The van der Waals surface area contributed by atoms with Gasteiger partial charge >= 0.3 is 0 Å². The Morgan fingerprint density at radius 1 is 1.40 bits per heavy atom. The minimum absolute atomic E-state index is 0.503. The molecule has 0 spiro atoms. The highest BCUT2D eigenvalue weighted by Gasteiger charge is 2.36. The fourth-order valence-electron chi connectivity index (χ4n) is 3.36. The van der Waals surface area contributed by atoms with Gasteiger partial charge in [0, 0.05) is 12.1 Å². The zero-order valence-corrected chi connectivity index (χ0v) is 13.2. The normalized spacial score (nSPS) is 23.4. The third-order valence-electron chi connectivity index (χ3n) is 4.20. The number of likely N-dealkylation sites (tertiary alicyclic amines) is 1. The second-order valence-corrected chi connectivity index (χ2v) is 5.89. The number of ether oxygens (including phenoxy) is 1. The molecule has 1 saturated heterocycles. The summed E-state index contributed by atoms with van der Waals surface area (Å²) in [5.41, 5.74) is 1.39. The molecule has 1 aliphatic rings. The van der Waals surface area contributed by atoms with Crippen molar-refractivity contribution < 1.29 is 4.74 Å². The van der Waals surface area contributed by atoms with Gasteiger partial charge in [-0.15, -0.1) is 0 Å². The van der Waals surface area contributed by atoms with Gasteiger partial charge in [0.25, 0.3) is 0 Å². The number of hydrogen-bond acceptors (Lipinski definition) is 3. The maximum Gasteiger partial charge on any atom is 0.119 e. The summed E-state index contributed by atoms with van der Waals surface area (Å²) in [6, 6.07) is 9.72. The number of nitrogens with zero attached hydrogens (tertiary/aromatic N) is 1. The lowest BCUT2D eigenvalue weighted by Gasteiger charge is -2.32. The van der Waals surface area contributed by atoms with Gasteiger partial charge in [-0.2, -0.15) is 0 Å². The molecule has 1 aliphatic heterocycles. The Balaban J connectivity index is 2.26. The summed E-state index contributed by atoms with van der Waals surface area (Å²) in [7, 11) is 2.05. The molecule has 2 unspecified atom stereocenters. The number of hydrogen-bond donors (Lipinski definition) is 1. The van der Waals surface area contributed by atoms with Crippen molar-refractivity contribution in [2.45, 2.75) is 39.3 Å². The SMILES string of the molecule is CCOc1cccc(C2C(CNC)CCN2C(C)C)c1. The number of nitrogens with one attached hydrogen (secondary N) is 1. The van der Waals surface area contributed by atoms with Crippen LogP contribution in [0.3, 0.4) is 0 Å². The summed E-state index contributed by atoms with van der Waals surface area (Å²) in [5.74, 6) is 1.67.